The zero-order chi connectivity index (χ0) is 27.0. The molecule has 0 radical (unpaired) electrons. The molecular formula is C24H32F3N5O4S. The van der Waals surface area contributed by atoms with Gasteiger partial charge in [-0.3, -0.25) is 4.90 Å². The number of halogens is 3. The molecule has 4 rings (SSSR count). The molecule has 2 saturated heterocycles. The molecular weight excluding hydrogens is 511 g/mol. The Kier molecular flexibility index (Phi) is 7.73. The Morgan fingerprint density at radius 3 is 2.43 bits per heavy atom. The van der Waals surface area contributed by atoms with Crippen molar-refractivity contribution in [3.05, 3.63) is 48.2 Å². The van der Waals surface area contributed by atoms with Gasteiger partial charge in [0.2, 0.25) is 10.0 Å². The Balaban J connectivity index is 1.61. The van der Waals surface area contributed by atoms with Gasteiger partial charge in [0, 0.05) is 50.6 Å². The number of aliphatic hydroxyl groups is 1. The number of piperazine rings is 1. The SMILES string of the molecule is C[C@H]1COCCN1C[C@H]1CN(S(=O)(=O)c2ccc(N)nc2)CCN1c1ccc([C@@](C)(O)C(F)(F)F)cc1. The van der Waals surface area contributed by atoms with Gasteiger partial charge in [-0.2, -0.15) is 17.5 Å². The molecule has 2 aliphatic rings. The summed E-state index contributed by atoms with van der Waals surface area (Å²) in [5.74, 6) is 0.218. The fraction of sp³-hybridized carbons (Fsp3) is 0.542. The number of nitrogen functional groups attached to an aromatic ring is 1. The molecule has 1 aromatic heterocycles. The lowest BCUT2D eigenvalue weighted by Crippen LogP contribution is -2.60. The monoisotopic (exact) mass is 543 g/mol. The molecule has 3 N–H and O–H groups in total. The van der Waals surface area contributed by atoms with Gasteiger partial charge in [-0.25, -0.2) is 13.4 Å². The summed E-state index contributed by atoms with van der Waals surface area (Å²) in [7, 11) is -3.83. The summed E-state index contributed by atoms with van der Waals surface area (Å²) in [5, 5.41) is 10.0. The van der Waals surface area contributed by atoms with Crippen LogP contribution in [0, 0.1) is 0 Å². The van der Waals surface area contributed by atoms with Crippen LogP contribution in [0.2, 0.25) is 0 Å². The molecule has 204 valence electrons. The predicted molar refractivity (Wildman–Crippen MR) is 132 cm³/mol. The van der Waals surface area contributed by atoms with E-state index in [-0.39, 0.29) is 41.4 Å². The molecule has 0 amide bonds. The van der Waals surface area contributed by atoms with Gasteiger partial charge in [0.15, 0.2) is 5.60 Å². The van der Waals surface area contributed by atoms with Crippen molar-refractivity contribution in [3.63, 3.8) is 0 Å². The van der Waals surface area contributed by atoms with Gasteiger partial charge in [0.05, 0.1) is 19.3 Å². The van der Waals surface area contributed by atoms with Crippen molar-refractivity contribution in [1.82, 2.24) is 14.2 Å². The van der Waals surface area contributed by atoms with Crippen LogP contribution in [0.25, 0.3) is 0 Å². The second-order valence-corrected chi connectivity index (χ2v) is 11.6. The first-order valence-electron chi connectivity index (χ1n) is 12.0. The summed E-state index contributed by atoms with van der Waals surface area (Å²) in [4.78, 5) is 8.20. The maximum absolute atomic E-state index is 13.4. The summed E-state index contributed by atoms with van der Waals surface area (Å²) < 4.78 is 73.5. The van der Waals surface area contributed by atoms with Crippen molar-refractivity contribution < 1.29 is 31.4 Å². The molecule has 2 fully saturated rings. The molecule has 37 heavy (non-hydrogen) atoms. The summed E-state index contributed by atoms with van der Waals surface area (Å²) in [6, 6.07) is 8.33. The Hall–Kier alpha value is -2.45. The molecule has 0 saturated carbocycles. The van der Waals surface area contributed by atoms with E-state index >= 15 is 0 Å². The Morgan fingerprint density at radius 1 is 1.14 bits per heavy atom. The molecule has 9 nitrogen and oxygen atoms in total. The van der Waals surface area contributed by atoms with Crippen LogP contribution in [-0.2, 0) is 20.4 Å². The molecule has 1 aromatic carbocycles. The van der Waals surface area contributed by atoms with Gasteiger partial charge in [-0.15, -0.1) is 0 Å². The third kappa shape index (κ3) is 5.70. The van der Waals surface area contributed by atoms with E-state index in [1.807, 2.05) is 11.8 Å². The third-order valence-corrected chi connectivity index (χ3v) is 8.95. The van der Waals surface area contributed by atoms with E-state index in [0.717, 1.165) is 6.92 Å². The van der Waals surface area contributed by atoms with Crippen LogP contribution in [-0.4, -0.2) is 91.9 Å². The van der Waals surface area contributed by atoms with E-state index in [1.165, 1.54) is 34.8 Å². The maximum Gasteiger partial charge on any atom is 0.421 e. The molecule has 2 aromatic rings. The van der Waals surface area contributed by atoms with Crippen LogP contribution in [0.5, 0.6) is 0 Å². The van der Waals surface area contributed by atoms with Crippen molar-refractivity contribution in [2.75, 3.05) is 56.6 Å². The molecule has 13 heteroatoms. The van der Waals surface area contributed by atoms with E-state index in [2.05, 4.69) is 9.88 Å². The lowest BCUT2D eigenvalue weighted by Gasteiger charge is -2.45. The van der Waals surface area contributed by atoms with Crippen molar-refractivity contribution in [2.24, 2.45) is 0 Å². The molecule has 2 aliphatic heterocycles. The molecule has 0 spiro atoms. The highest BCUT2D eigenvalue weighted by atomic mass is 32.2. The first-order chi connectivity index (χ1) is 17.3. The molecule has 0 unspecified atom stereocenters. The number of aromatic nitrogens is 1. The van der Waals surface area contributed by atoms with Crippen molar-refractivity contribution in [1.29, 1.82) is 0 Å². The second-order valence-electron chi connectivity index (χ2n) is 9.66. The molecule has 0 bridgehead atoms. The maximum atomic E-state index is 13.4. The molecule has 0 aliphatic carbocycles. The zero-order valence-electron chi connectivity index (χ0n) is 20.7. The van der Waals surface area contributed by atoms with E-state index in [1.54, 1.807) is 12.1 Å². The number of ether oxygens (including phenoxy) is 1. The van der Waals surface area contributed by atoms with E-state index in [0.29, 0.717) is 38.5 Å². The number of pyridine rings is 1. The van der Waals surface area contributed by atoms with E-state index < -0.39 is 21.8 Å². The topological polar surface area (TPSA) is 112 Å². The fourth-order valence-corrected chi connectivity index (χ4v) is 6.09. The number of nitrogens with zero attached hydrogens (tertiary/aromatic N) is 4. The Labute approximate surface area is 214 Å². The minimum Gasteiger partial charge on any atom is -0.384 e. The summed E-state index contributed by atoms with van der Waals surface area (Å²) in [6.07, 6.45) is -3.58. The van der Waals surface area contributed by atoms with E-state index in [9.17, 15) is 26.7 Å². The van der Waals surface area contributed by atoms with Crippen LogP contribution < -0.4 is 10.6 Å². The van der Waals surface area contributed by atoms with E-state index in [4.69, 9.17) is 10.5 Å². The van der Waals surface area contributed by atoms with Crippen molar-refractivity contribution in [2.45, 2.75) is 42.6 Å². The first-order valence-corrected chi connectivity index (χ1v) is 13.4. The summed E-state index contributed by atoms with van der Waals surface area (Å²) >= 11 is 0. The number of anilines is 2. The number of rotatable bonds is 6. The zero-order valence-corrected chi connectivity index (χ0v) is 21.5. The fourth-order valence-electron chi connectivity index (χ4n) is 4.68. The van der Waals surface area contributed by atoms with Gasteiger partial charge in [0.25, 0.3) is 0 Å². The highest BCUT2D eigenvalue weighted by Gasteiger charge is 2.51. The molecule has 3 heterocycles. The van der Waals surface area contributed by atoms with Crippen molar-refractivity contribution in [3.8, 4) is 0 Å². The lowest BCUT2D eigenvalue weighted by atomic mass is 9.95. The smallest absolute Gasteiger partial charge is 0.384 e. The summed E-state index contributed by atoms with van der Waals surface area (Å²) in [5.41, 5.74) is 3.02. The van der Waals surface area contributed by atoms with Crippen LogP contribution in [0.1, 0.15) is 19.4 Å². The highest BCUT2D eigenvalue weighted by Crippen LogP contribution is 2.39. The van der Waals surface area contributed by atoms with Gasteiger partial charge in [-0.05, 0) is 43.7 Å². The van der Waals surface area contributed by atoms with Crippen LogP contribution in [0.15, 0.2) is 47.5 Å². The van der Waals surface area contributed by atoms with Gasteiger partial charge in [-0.1, -0.05) is 12.1 Å². The van der Waals surface area contributed by atoms with Crippen LogP contribution in [0.3, 0.4) is 0 Å². The predicted octanol–water partition coefficient (Wildman–Crippen LogP) is 2.03. The number of morpholine rings is 1. The first kappa shape index (κ1) is 27.6. The Morgan fingerprint density at radius 2 is 1.84 bits per heavy atom. The standard InChI is InChI=1S/C24H32F3N5O4S/c1-17-16-36-12-11-30(17)14-20-15-31(37(34,35)21-7-8-22(28)29-13-21)9-10-32(20)19-5-3-18(4-6-19)23(2,33)24(25,26)27/h3-8,13,17,20,33H,9-12,14-16H2,1-2H3,(H2,28,29)/t17-,20-,23+/m0/s1. The van der Waals surface area contributed by atoms with Crippen LogP contribution in [0.4, 0.5) is 24.7 Å². The average Bonchev–Trinajstić information content (AvgIpc) is 2.85. The van der Waals surface area contributed by atoms with Crippen LogP contribution >= 0.6 is 0 Å². The third-order valence-electron chi connectivity index (χ3n) is 7.11. The lowest BCUT2D eigenvalue weighted by molar-refractivity contribution is -0.258. The van der Waals surface area contributed by atoms with Crippen molar-refractivity contribution >= 4 is 21.5 Å². The number of alkyl halides is 3. The number of nitrogens with two attached hydrogens (primary N) is 1. The number of hydrogen-bond donors (Lipinski definition) is 2. The van der Waals surface area contributed by atoms with Gasteiger partial charge < -0.3 is 20.5 Å². The number of sulfonamides is 1. The van der Waals surface area contributed by atoms with Gasteiger partial charge >= 0.3 is 6.18 Å². The molecule has 3 atom stereocenters. The Bertz CT molecular complexity index is 1180. The number of benzene rings is 1. The quantitative estimate of drug-likeness (QED) is 0.570. The average molecular weight is 544 g/mol. The minimum atomic E-state index is -4.82. The van der Waals surface area contributed by atoms with Gasteiger partial charge in [0.1, 0.15) is 10.7 Å². The number of hydrogen-bond acceptors (Lipinski definition) is 8. The summed E-state index contributed by atoms with van der Waals surface area (Å²) in [6.45, 7) is 5.81. The highest BCUT2D eigenvalue weighted by molar-refractivity contribution is 7.89. The minimum absolute atomic E-state index is 0.0485. The normalized spacial score (nSPS) is 24.1. The second kappa shape index (κ2) is 10.4. The largest absolute Gasteiger partial charge is 0.421 e.